The molecular weight excluding hydrogens is 570 g/mol. The molecule has 5 heteroatoms. The fourth-order valence-electron chi connectivity index (χ4n) is 6.02. The smallest absolute Gasteiger partial charge is 0.256 e. The van der Waals surface area contributed by atoms with E-state index in [0.717, 1.165) is 58.7 Å². The lowest BCUT2D eigenvalue weighted by Gasteiger charge is -2.42. The molecule has 1 saturated heterocycles. The van der Waals surface area contributed by atoms with Gasteiger partial charge in [0.2, 0.25) is 0 Å². The molecule has 41 heavy (non-hydrogen) atoms. The summed E-state index contributed by atoms with van der Waals surface area (Å²) in [5.74, 6) is 0.0981. The molecule has 1 aromatic heterocycles. The zero-order chi connectivity index (χ0) is 28.2. The van der Waals surface area contributed by atoms with Gasteiger partial charge in [0.15, 0.2) is 0 Å². The summed E-state index contributed by atoms with van der Waals surface area (Å²) in [5, 5.41) is 0. The second-order valence-electron chi connectivity index (χ2n) is 10.8. The first-order chi connectivity index (χ1) is 20.1. The van der Waals surface area contributed by atoms with Crippen LogP contribution in [0.2, 0.25) is 0 Å². The van der Waals surface area contributed by atoms with E-state index in [1.165, 1.54) is 11.1 Å². The first-order valence-electron chi connectivity index (χ1n) is 14.2. The SMILES string of the molecule is Cc1cc(C(=O)N2CCN(Cc3ccccc3)C[C@H]2Cc2ccccc2)c(-c2ccccc2)n1-c1cccc(Br)c1. The monoisotopic (exact) mass is 603 g/mol. The van der Waals surface area contributed by atoms with Gasteiger partial charge in [-0.25, -0.2) is 0 Å². The van der Waals surface area contributed by atoms with Gasteiger partial charge in [0.25, 0.3) is 5.91 Å². The van der Waals surface area contributed by atoms with Crippen LogP contribution < -0.4 is 0 Å². The summed E-state index contributed by atoms with van der Waals surface area (Å²) in [5.41, 5.74) is 7.35. The number of carbonyl (C=O) groups is 1. The van der Waals surface area contributed by atoms with Crippen LogP contribution in [0.25, 0.3) is 16.9 Å². The molecule has 1 aliphatic rings. The Morgan fingerprint density at radius 1 is 0.780 bits per heavy atom. The summed E-state index contributed by atoms with van der Waals surface area (Å²) < 4.78 is 3.22. The fourth-order valence-corrected chi connectivity index (χ4v) is 6.41. The van der Waals surface area contributed by atoms with E-state index in [4.69, 9.17) is 0 Å². The Labute approximate surface area is 251 Å². The van der Waals surface area contributed by atoms with Crippen LogP contribution in [-0.4, -0.2) is 46.0 Å². The number of piperazine rings is 1. The summed E-state index contributed by atoms with van der Waals surface area (Å²) >= 11 is 3.64. The van der Waals surface area contributed by atoms with Crippen molar-refractivity contribution in [1.29, 1.82) is 0 Å². The average Bonchev–Trinajstić information content (AvgIpc) is 3.35. The van der Waals surface area contributed by atoms with Gasteiger partial charge in [-0.2, -0.15) is 0 Å². The molecule has 6 rings (SSSR count). The minimum atomic E-state index is 0.0699. The maximum absolute atomic E-state index is 14.6. The lowest BCUT2D eigenvalue weighted by Crippen LogP contribution is -2.55. The third-order valence-corrected chi connectivity index (χ3v) is 8.41. The van der Waals surface area contributed by atoms with E-state index in [9.17, 15) is 4.79 Å². The van der Waals surface area contributed by atoms with Crippen LogP contribution >= 0.6 is 15.9 Å². The molecule has 1 aliphatic heterocycles. The van der Waals surface area contributed by atoms with Crippen LogP contribution in [0.4, 0.5) is 0 Å². The largest absolute Gasteiger partial charge is 0.333 e. The van der Waals surface area contributed by atoms with E-state index in [1.807, 2.05) is 30.3 Å². The zero-order valence-electron chi connectivity index (χ0n) is 23.3. The molecule has 1 atom stereocenters. The van der Waals surface area contributed by atoms with Crippen LogP contribution in [0.15, 0.2) is 126 Å². The molecule has 2 heterocycles. The number of nitrogens with zero attached hydrogens (tertiary/aromatic N) is 3. The Morgan fingerprint density at radius 3 is 2.12 bits per heavy atom. The summed E-state index contributed by atoms with van der Waals surface area (Å²) in [6, 6.07) is 41.9. The highest BCUT2D eigenvalue weighted by Crippen LogP contribution is 2.33. The van der Waals surface area contributed by atoms with Crippen molar-refractivity contribution < 1.29 is 4.79 Å². The van der Waals surface area contributed by atoms with E-state index in [-0.39, 0.29) is 11.9 Å². The minimum absolute atomic E-state index is 0.0699. The van der Waals surface area contributed by atoms with E-state index in [1.54, 1.807) is 0 Å². The van der Waals surface area contributed by atoms with Gasteiger partial charge in [0.1, 0.15) is 0 Å². The second kappa shape index (κ2) is 12.3. The second-order valence-corrected chi connectivity index (χ2v) is 11.7. The van der Waals surface area contributed by atoms with Crippen molar-refractivity contribution in [2.75, 3.05) is 19.6 Å². The molecule has 0 spiro atoms. The number of hydrogen-bond acceptors (Lipinski definition) is 2. The van der Waals surface area contributed by atoms with Gasteiger partial charge in [-0.1, -0.05) is 113 Å². The lowest BCUT2D eigenvalue weighted by molar-refractivity contribution is 0.0439. The number of amides is 1. The number of rotatable bonds is 7. The standard InChI is InChI=1S/C36H34BrN3O/c1-27-22-34(35(30-16-9-4-10-17-30)40(27)32-19-11-18-31(37)24-32)36(41)39-21-20-38(25-29-14-7-3-8-15-29)26-33(39)23-28-12-5-2-6-13-28/h2-19,22,24,33H,20-21,23,25-26H2,1H3/t33-/m1/s1. The molecule has 0 radical (unpaired) electrons. The Morgan fingerprint density at radius 2 is 1.44 bits per heavy atom. The van der Waals surface area contributed by atoms with Crippen molar-refractivity contribution in [3.8, 4) is 16.9 Å². The lowest BCUT2D eigenvalue weighted by atomic mass is 9.99. The maximum Gasteiger partial charge on any atom is 0.256 e. The highest BCUT2D eigenvalue weighted by atomic mass is 79.9. The van der Waals surface area contributed by atoms with Crippen molar-refractivity contribution in [2.45, 2.75) is 25.9 Å². The highest BCUT2D eigenvalue weighted by molar-refractivity contribution is 9.10. The Kier molecular flexibility index (Phi) is 8.17. The number of halogens is 1. The minimum Gasteiger partial charge on any atom is -0.333 e. The molecule has 4 aromatic carbocycles. The normalized spacial score (nSPS) is 15.7. The third-order valence-electron chi connectivity index (χ3n) is 7.92. The van der Waals surface area contributed by atoms with Crippen LogP contribution in [0.1, 0.15) is 27.2 Å². The third kappa shape index (κ3) is 6.07. The van der Waals surface area contributed by atoms with E-state index in [0.29, 0.717) is 6.54 Å². The van der Waals surface area contributed by atoms with Gasteiger partial charge in [-0.3, -0.25) is 9.69 Å². The summed E-state index contributed by atoms with van der Waals surface area (Å²) in [4.78, 5) is 19.2. The number of aryl methyl sites for hydroxylation is 1. The summed E-state index contributed by atoms with van der Waals surface area (Å²) in [6.07, 6.45) is 0.823. The van der Waals surface area contributed by atoms with Crippen LogP contribution in [0.3, 0.4) is 0 Å². The molecule has 4 nitrogen and oxygen atoms in total. The van der Waals surface area contributed by atoms with E-state index < -0.39 is 0 Å². The van der Waals surface area contributed by atoms with Gasteiger partial charge < -0.3 is 9.47 Å². The summed E-state index contributed by atoms with van der Waals surface area (Å²) in [7, 11) is 0. The van der Waals surface area contributed by atoms with Gasteiger partial charge in [0.05, 0.1) is 11.3 Å². The zero-order valence-corrected chi connectivity index (χ0v) is 24.9. The van der Waals surface area contributed by atoms with Crippen LogP contribution in [-0.2, 0) is 13.0 Å². The number of aromatic nitrogens is 1. The van der Waals surface area contributed by atoms with Gasteiger partial charge >= 0.3 is 0 Å². The first kappa shape index (κ1) is 27.3. The van der Waals surface area contributed by atoms with Crippen molar-refractivity contribution in [3.05, 3.63) is 148 Å². The Bertz CT molecular complexity index is 1620. The number of hydrogen-bond donors (Lipinski definition) is 0. The van der Waals surface area contributed by atoms with E-state index >= 15 is 0 Å². The molecule has 0 bridgehead atoms. The topological polar surface area (TPSA) is 28.5 Å². The van der Waals surface area contributed by atoms with Crippen molar-refractivity contribution in [2.24, 2.45) is 0 Å². The van der Waals surface area contributed by atoms with E-state index in [2.05, 4.69) is 128 Å². The van der Waals surface area contributed by atoms with Gasteiger partial charge in [-0.05, 0) is 54.3 Å². The molecule has 1 amide bonds. The maximum atomic E-state index is 14.6. The number of carbonyl (C=O) groups excluding carboxylic acids is 1. The van der Waals surface area contributed by atoms with Gasteiger partial charge in [0, 0.05) is 48.1 Å². The quantitative estimate of drug-likeness (QED) is 0.190. The molecule has 0 N–H and O–H groups in total. The van der Waals surface area contributed by atoms with Crippen molar-refractivity contribution >= 4 is 21.8 Å². The predicted molar refractivity (Wildman–Crippen MR) is 170 cm³/mol. The fraction of sp³-hybridized carbons (Fsp3) is 0.194. The molecule has 0 aliphatic carbocycles. The molecule has 0 saturated carbocycles. The molecule has 5 aromatic rings. The Balaban J connectivity index is 1.38. The summed E-state index contributed by atoms with van der Waals surface area (Å²) in [6.45, 7) is 5.35. The highest BCUT2D eigenvalue weighted by Gasteiger charge is 2.33. The first-order valence-corrected chi connectivity index (χ1v) is 15.0. The predicted octanol–water partition coefficient (Wildman–Crippen LogP) is 7.78. The van der Waals surface area contributed by atoms with Gasteiger partial charge in [-0.15, -0.1) is 0 Å². The molecule has 206 valence electrons. The average molecular weight is 605 g/mol. The number of benzene rings is 4. The molecule has 0 unspecified atom stereocenters. The van der Waals surface area contributed by atoms with Crippen LogP contribution in [0.5, 0.6) is 0 Å². The van der Waals surface area contributed by atoms with Crippen molar-refractivity contribution in [1.82, 2.24) is 14.4 Å². The van der Waals surface area contributed by atoms with Crippen molar-refractivity contribution in [3.63, 3.8) is 0 Å². The Hall–Kier alpha value is -3.93. The van der Waals surface area contributed by atoms with Crippen LogP contribution in [0, 0.1) is 6.92 Å². The molecular formula is C36H34BrN3O. The molecule has 1 fully saturated rings.